The molecule has 0 amide bonds. The average Bonchev–Trinajstić information content (AvgIpc) is 2.45. The van der Waals surface area contributed by atoms with Crippen LogP contribution in [0.1, 0.15) is 5.56 Å². The van der Waals surface area contributed by atoms with Crippen molar-refractivity contribution >= 4 is 21.2 Å². The number of sulfone groups is 1. The predicted molar refractivity (Wildman–Crippen MR) is 84.3 cm³/mol. The molecular weight excluding hydrogens is 288 g/mol. The van der Waals surface area contributed by atoms with E-state index in [9.17, 15) is 8.42 Å². The number of rotatable bonds is 5. The molecule has 21 heavy (non-hydrogen) atoms. The van der Waals surface area contributed by atoms with Crippen molar-refractivity contribution in [2.45, 2.75) is 11.4 Å². The molecule has 0 aromatic heterocycles. The van der Waals surface area contributed by atoms with Crippen molar-refractivity contribution in [2.75, 3.05) is 24.4 Å². The Morgan fingerprint density at radius 3 is 2.38 bits per heavy atom. The van der Waals surface area contributed by atoms with Crippen molar-refractivity contribution in [3.8, 4) is 5.75 Å². The van der Waals surface area contributed by atoms with E-state index in [-0.39, 0.29) is 0 Å². The van der Waals surface area contributed by atoms with Gasteiger partial charge in [-0.25, -0.2) is 8.42 Å². The number of benzene rings is 2. The first kappa shape index (κ1) is 15.2. The monoisotopic (exact) mass is 306 g/mol. The number of nitrogen functional groups attached to an aromatic ring is 1. The molecule has 0 spiro atoms. The second kappa shape index (κ2) is 6.05. The molecule has 3 N–H and O–H groups in total. The summed E-state index contributed by atoms with van der Waals surface area (Å²) in [5, 5.41) is 3.21. The van der Waals surface area contributed by atoms with Gasteiger partial charge in [-0.1, -0.05) is 0 Å². The van der Waals surface area contributed by atoms with Gasteiger partial charge >= 0.3 is 0 Å². The molecule has 0 bridgehead atoms. The number of methoxy groups -OCH3 is 1. The summed E-state index contributed by atoms with van der Waals surface area (Å²) in [6.45, 7) is 0.534. The maximum Gasteiger partial charge on any atom is 0.175 e. The van der Waals surface area contributed by atoms with Crippen LogP contribution in [0.5, 0.6) is 5.75 Å². The summed E-state index contributed by atoms with van der Waals surface area (Å²) < 4.78 is 28.1. The minimum Gasteiger partial charge on any atom is -0.496 e. The molecule has 112 valence electrons. The lowest BCUT2D eigenvalue weighted by Crippen LogP contribution is -2.03. The third-order valence-electron chi connectivity index (χ3n) is 3.07. The van der Waals surface area contributed by atoms with Crippen LogP contribution in [-0.2, 0) is 16.4 Å². The van der Waals surface area contributed by atoms with Gasteiger partial charge in [0.05, 0.1) is 12.0 Å². The summed E-state index contributed by atoms with van der Waals surface area (Å²) in [5.74, 6) is 0.754. The van der Waals surface area contributed by atoms with Crippen molar-refractivity contribution in [1.29, 1.82) is 0 Å². The van der Waals surface area contributed by atoms with Crippen molar-refractivity contribution in [2.24, 2.45) is 0 Å². The molecule has 0 saturated carbocycles. The van der Waals surface area contributed by atoms with Gasteiger partial charge in [0, 0.05) is 29.7 Å². The molecule has 0 aliphatic rings. The van der Waals surface area contributed by atoms with E-state index in [1.807, 2.05) is 12.1 Å². The van der Waals surface area contributed by atoms with Crippen molar-refractivity contribution in [3.05, 3.63) is 48.0 Å². The lowest BCUT2D eigenvalue weighted by molar-refractivity contribution is 0.410. The van der Waals surface area contributed by atoms with E-state index in [4.69, 9.17) is 10.5 Å². The molecule has 2 aromatic carbocycles. The summed E-state index contributed by atoms with van der Waals surface area (Å²) in [5.41, 5.74) is 8.20. The fourth-order valence-corrected chi connectivity index (χ4v) is 2.58. The first-order valence-electron chi connectivity index (χ1n) is 6.36. The van der Waals surface area contributed by atoms with E-state index < -0.39 is 9.84 Å². The van der Waals surface area contributed by atoms with Crippen LogP contribution in [0.15, 0.2) is 47.4 Å². The van der Waals surface area contributed by atoms with Crippen molar-refractivity contribution < 1.29 is 13.2 Å². The van der Waals surface area contributed by atoms with Gasteiger partial charge in [0.1, 0.15) is 5.75 Å². The lowest BCUT2D eigenvalue weighted by Gasteiger charge is -2.11. The van der Waals surface area contributed by atoms with Crippen LogP contribution in [0.4, 0.5) is 11.4 Å². The summed E-state index contributed by atoms with van der Waals surface area (Å²) in [7, 11) is -1.56. The van der Waals surface area contributed by atoms with Gasteiger partial charge < -0.3 is 15.8 Å². The summed E-state index contributed by atoms with van der Waals surface area (Å²) in [4.78, 5) is 0.301. The highest BCUT2D eigenvalue weighted by atomic mass is 32.2. The molecule has 0 fully saturated rings. The molecule has 0 radical (unpaired) electrons. The van der Waals surface area contributed by atoms with Crippen LogP contribution in [0, 0.1) is 0 Å². The van der Waals surface area contributed by atoms with Gasteiger partial charge in [0.25, 0.3) is 0 Å². The Balaban J connectivity index is 2.12. The molecular formula is C15H18N2O3S. The van der Waals surface area contributed by atoms with Crippen molar-refractivity contribution in [3.63, 3.8) is 0 Å². The number of hydrogen-bond donors (Lipinski definition) is 2. The summed E-state index contributed by atoms with van der Waals surface area (Å²) >= 11 is 0. The maximum absolute atomic E-state index is 11.4. The molecule has 0 saturated heterocycles. The van der Waals surface area contributed by atoms with Gasteiger partial charge in [-0.05, 0) is 42.5 Å². The second-order valence-electron chi connectivity index (χ2n) is 4.72. The smallest absolute Gasteiger partial charge is 0.175 e. The maximum atomic E-state index is 11.4. The van der Waals surface area contributed by atoms with E-state index in [1.54, 1.807) is 37.4 Å². The van der Waals surface area contributed by atoms with Crippen molar-refractivity contribution in [1.82, 2.24) is 0 Å². The van der Waals surface area contributed by atoms with E-state index in [1.165, 1.54) is 6.26 Å². The molecule has 0 atom stereocenters. The van der Waals surface area contributed by atoms with E-state index in [0.29, 0.717) is 17.1 Å². The highest BCUT2D eigenvalue weighted by molar-refractivity contribution is 7.90. The van der Waals surface area contributed by atoms with Crippen LogP contribution < -0.4 is 15.8 Å². The Hall–Kier alpha value is -2.21. The Morgan fingerprint density at radius 1 is 1.14 bits per heavy atom. The van der Waals surface area contributed by atoms with Crippen LogP contribution in [0.2, 0.25) is 0 Å². The average molecular weight is 306 g/mol. The van der Waals surface area contributed by atoms with E-state index in [0.717, 1.165) is 17.0 Å². The van der Waals surface area contributed by atoms with Gasteiger partial charge in [0.2, 0.25) is 0 Å². The fraction of sp³-hybridized carbons (Fsp3) is 0.200. The predicted octanol–water partition coefficient (Wildman–Crippen LogP) is 2.29. The largest absolute Gasteiger partial charge is 0.496 e. The zero-order valence-electron chi connectivity index (χ0n) is 12.0. The SMILES string of the molecule is COc1ccc(N)cc1CNc1ccc(S(C)(=O)=O)cc1. The number of ether oxygens (including phenoxy) is 1. The van der Waals surface area contributed by atoms with Gasteiger partial charge in [-0.15, -0.1) is 0 Å². The number of nitrogens with one attached hydrogen (secondary N) is 1. The minimum atomic E-state index is -3.17. The van der Waals surface area contributed by atoms with Gasteiger partial charge in [0.15, 0.2) is 9.84 Å². The van der Waals surface area contributed by atoms with Crippen LogP contribution in [-0.4, -0.2) is 21.8 Å². The molecule has 0 aliphatic heterocycles. The number of hydrogen-bond acceptors (Lipinski definition) is 5. The van der Waals surface area contributed by atoms with E-state index >= 15 is 0 Å². The summed E-state index contributed by atoms with van der Waals surface area (Å²) in [6.07, 6.45) is 1.19. The van der Waals surface area contributed by atoms with Gasteiger partial charge in [-0.2, -0.15) is 0 Å². The normalized spacial score (nSPS) is 11.1. The van der Waals surface area contributed by atoms with Gasteiger partial charge in [-0.3, -0.25) is 0 Å². The third-order valence-corrected chi connectivity index (χ3v) is 4.20. The quantitative estimate of drug-likeness (QED) is 0.828. The molecule has 0 heterocycles. The first-order chi connectivity index (χ1) is 9.90. The lowest BCUT2D eigenvalue weighted by atomic mass is 10.1. The zero-order chi connectivity index (χ0) is 15.5. The highest BCUT2D eigenvalue weighted by Gasteiger charge is 2.07. The minimum absolute atomic E-state index is 0.301. The van der Waals surface area contributed by atoms with Crippen LogP contribution >= 0.6 is 0 Å². The first-order valence-corrected chi connectivity index (χ1v) is 8.25. The highest BCUT2D eigenvalue weighted by Crippen LogP contribution is 2.22. The molecule has 0 aliphatic carbocycles. The Bertz CT molecular complexity index is 725. The molecule has 5 nitrogen and oxygen atoms in total. The molecule has 2 aromatic rings. The molecule has 2 rings (SSSR count). The molecule has 6 heteroatoms. The Kier molecular flexibility index (Phi) is 4.37. The van der Waals surface area contributed by atoms with Crippen LogP contribution in [0.3, 0.4) is 0 Å². The Morgan fingerprint density at radius 2 is 1.81 bits per heavy atom. The number of nitrogens with two attached hydrogens (primary N) is 1. The fourth-order valence-electron chi connectivity index (χ4n) is 1.95. The molecule has 0 unspecified atom stereocenters. The summed E-state index contributed by atoms with van der Waals surface area (Å²) in [6, 6.07) is 12.1. The van der Waals surface area contributed by atoms with Crippen LogP contribution in [0.25, 0.3) is 0 Å². The topological polar surface area (TPSA) is 81.4 Å². The second-order valence-corrected chi connectivity index (χ2v) is 6.74. The Labute approximate surface area is 124 Å². The van der Waals surface area contributed by atoms with E-state index in [2.05, 4.69) is 5.32 Å². The zero-order valence-corrected chi connectivity index (χ0v) is 12.8. The number of anilines is 2. The standard InChI is InChI=1S/C15H18N2O3S/c1-20-15-8-3-12(16)9-11(15)10-17-13-4-6-14(7-5-13)21(2,18)19/h3-9,17H,10,16H2,1-2H3. The third kappa shape index (κ3) is 3.88.